The van der Waals surface area contributed by atoms with Crippen LogP contribution < -0.4 is 10.6 Å². The van der Waals surface area contributed by atoms with Crippen LogP contribution >= 0.6 is 0 Å². The molecule has 0 radical (unpaired) electrons. The second-order valence-electron chi connectivity index (χ2n) is 18.1. The van der Waals surface area contributed by atoms with Crippen LogP contribution in [0.25, 0.3) is 11.1 Å². The van der Waals surface area contributed by atoms with Gasteiger partial charge >= 0.3 is 0 Å². The number of rotatable bonds is 27. The normalized spacial score (nSPS) is 12.3. The minimum atomic E-state index is -0.0343. The van der Waals surface area contributed by atoms with Crippen molar-refractivity contribution in [3.05, 3.63) is 118 Å². The summed E-state index contributed by atoms with van der Waals surface area (Å²) in [6, 6.07) is 31.2. The number of anilines is 2. The van der Waals surface area contributed by atoms with Gasteiger partial charge in [0.15, 0.2) is 0 Å². The van der Waals surface area contributed by atoms with E-state index in [1.165, 1.54) is 182 Å². The Morgan fingerprint density at radius 1 is 0.393 bits per heavy atom. The van der Waals surface area contributed by atoms with Crippen LogP contribution in [0.15, 0.2) is 84.9 Å². The summed E-state index contributed by atoms with van der Waals surface area (Å²) in [5.41, 5.74) is 18.1. The maximum atomic E-state index is 5.98. The molecular formula is C59H80N2. The van der Waals surface area contributed by atoms with Gasteiger partial charge in [-0.15, -0.1) is 0 Å². The lowest BCUT2D eigenvalue weighted by atomic mass is 9.70. The summed E-state index contributed by atoms with van der Waals surface area (Å²) in [7, 11) is 0. The van der Waals surface area contributed by atoms with Crippen LogP contribution in [-0.2, 0) is 5.41 Å². The molecule has 2 nitrogen and oxygen atoms in total. The van der Waals surface area contributed by atoms with Crippen molar-refractivity contribution in [3.8, 4) is 34.8 Å². The summed E-state index contributed by atoms with van der Waals surface area (Å²) < 4.78 is 0. The van der Waals surface area contributed by atoms with Crippen molar-refractivity contribution < 1.29 is 0 Å². The molecule has 61 heavy (non-hydrogen) atoms. The van der Waals surface area contributed by atoms with Crippen molar-refractivity contribution in [1.82, 2.24) is 0 Å². The summed E-state index contributed by atoms with van der Waals surface area (Å²) in [5, 5.41) is 0. The van der Waals surface area contributed by atoms with Crippen molar-refractivity contribution in [2.45, 2.75) is 187 Å². The Balaban J connectivity index is 1.45. The Morgan fingerprint density at radius 2 is 0.738 bits per heavy atom. The van der Waals surface area contributed by atoms with Gasteiger partial charge in [0.1, 0.15) is 0 Å². The van der Waals surface area contributed by atoms with Gasteiger partial charge in [-0.05, 0) is 121 Å². The lowest BCUT2D eigenvalue weighted by molar-refractivity contribution is 0.397. The molecular weight excluding hydrogens is 737 g/mol. The number of hydrogen-bond donors (Lipinski definition) is 1. The van der Waals surface area contributed by atoms with E-state index in [-0.39, 0.29) is 5.41 Å². The highest BCUT2D eigenvalue weighted by Crippen LogP contribution is 2.54. The van der Waals surface area contributed by atoms with Gasteiger partial charge in [0, 0.05) is 52.1 Å². The van der Waals surface area contributed by atoms with E-state index in [1.54, 1.807) is 0 Å². The van der Waals surface area contributed by atoms with Gasteiger partial charge in [0.25, 0.3) is 0 Å². The molecule has 4 aromatic rings. The van der Waals surface area contributed by atoms with E-state index in [2.05, 4.69) is 117 Å². The van der Waals surface area contributed by atoms with E-state index in [0.29, 0.717) is 0 Å². The fraction of sp³-hybridized carbons (Fsp3) is 0.525. The topological polar surface area (TPSA) is 29.3 Å². The zero-order valence-electron chi connectivity index (χ0n) is 39.0. The molecule has 1 aliphatic carbocycles. The van der Waals surface area contributed by atoms with Crippen LogP contribution in [0.4, 0.5) is 11.4 Å². The molecule has 0 amide bonds. The van der Waals surface area contributed by atoms with Crippen LogP contribution in [0, 0.1) is 23.7 Å². The molecule has 0 aromatic heterocycles. The Labute approximate surface area is 373 Å². The Morgan fingerprint density at radius 3 is 1.16 bits per heavy atom. The van der Waals surface area contributed by atoms with E-state index in [1.807, 2.05) is 24.3 Å². The predicted octanol–water partition coefficient (Wildman–Crippen LogP) is 16.6. The largest absolute Gasteiger partial charge is 0.399 e. The molecule has 0 bridgehead atoms. The van der Waals surface area contributed by atoms with Crippen LogP contribution in [0.1, 0.15) is 215 Å². The molecule has 0 atom stereocenters. The minimum Gasteiger partial charge on any atom is -0.399 e. The van der Waals surface area contributed by atoms with Crippen LogP contribution in [0.5, 0.6) is 0 Å². The molecule has 0 aliphatic heterocycles. The first-order chi connectivity index (χ1) is 30.0. The van der Waals surface area contributed by atoms with Crippen molar-refractivity contribution in [2.24, 2.45) is 0 Å². The van der Waals surface area contributed by atoms with Crippen LogP contribution in [-0.4, -0.2) is 13.1 Å². The van der Waals surface area contributed by atoms with E-state index < -0.39 is 0 Å². The summed E-state index contributed by atoms with van der Waals surface area (Å²) >= 11 is 0. The van der Waals surface area contributed by atoms with Crippen molar-refractivity contribution in [3.63, 3.8) is 0 Å². The average molecular weight is 817 g/mol. The molecule has 4 aromatic carbocycles. The van der Waals surface area contributed by atoms with Gasteiger partial charge in [-0.2, -0.15) is 0 Å². The summed E-state index contributed by atoms with van der Waals surface area (Å²) in [5.74, 6) is 14.2. The van der Waals surface area contributed by atoms with E-state index in [9.17, 15) is 0 Å². The Hall–Kier alpha value is -4.40. The molecule has 2 N–H and O–H groups in total. The summed E-state index contributed by atoms with van der Waals surface area (Å²) in [6.45, 7) is 11.5. The van der Waals surface area contributed by atoms with Crippen molar-refractivity contribution in [1.29, 1.82) is 0 Å². The number of nitrogens with two attached hydrogens (primary N) is 1. The van der Waals surface area contributed by atoms with Gasteiger partial charge in [-0.1, -0.05) is 192 Å². The zero-order chi connectivity index (χ0) is 43.0. The molecule has 0 fully saturated rings. The lowest BCUT2D eigenvalue weighted by Gasteiger charge is -2.33. The van der Waals surface area contributed by atoms with Gasteiger partial charge in [0.2, 0.25) is 0 Å². The number of nitrogens with zero attached hydrogens (tertiary/aromatic N) is 1. The minimum absolute atomic E-state index is 0.0343. The molecule has 0 saturated heterocycles. The third-order valence-electron chi connectivity index (χ3n) is 13.2. The number of unbranched alkanes of at least 4 members (excludes halogenated alkanes) is 18. The number of benzene rings is 4. The maximum absolute atomic E-state index is 5.98. The molecule has 2 heteroatoms. The SMILES string of the molecule is CCCCCCCCCC1(CCCCCCCCC)c2cc(C#Cc3ccc(N)cc3)ccc2-c2ccc(C#Cc3ccc(N(CCCCCC)CCCCCC)cc3)cc21. The quantitative estimate of drug-likeness (QED) is 0.0369. The smallest absolute Gasteiger partial charge is 0.0367 e. The molecule has 5 rings (SSSR count). The third kappa shape index (κ3) is 14.9. The van der Waals surface area contributed by atoms with Crippen LogP contribution in [0.3, 0.4) is 0 Å². The highest BCUT2D eigenvalue weighted by molar-refractivity contribution is 5.82. The second kappa shape index (κ2) is 26.8. The zero-order valence-corrected chi connectivity index (χ0v) is 39.0. The maximum Gasteiger partial charge on any atom is 0.0367 e. The number of fused-ring (bicyclic) bond motifs is 3. The fourth-order valence-electron chi connectivity index (χ4n) is 9.52. The lowest BCUT2D eigenvalue weighted by Crippen LogP contribution is -2.26. The molecule has 1 aliphatic rings. The predicted molar refractivity (Wildman–Crippen MR) is 268 cm³/mol. The van der Waals surface area contributed by atoms with Gasteiger partial charge in [-0.3, -0.25) is 0 Å². The monoisotopic (exact) mass is 817 g/mol. The number of hydrogen-bond acceptors (Lipinski definition) is 2. The first-order valence-corrected chi connectivity index (χ1v) is 25.0. The fourth-order valence-corrected chi connectivity index (χ4v) is 9.52. The highest BCUT2D eigenvalue weighted by Gasteiger charge is 2.42. The van der Waals surface area contributed by atoms with E-state index in [0.717, 1.165) is 41.0 Å². The number of nitrogen functional groups attached to an aromatic ring is 1. The standard InChI is InChI=1S/C59H80N2/c1-5-9-13-17-19-21-23-43-59(44-24-22-20-18-14-10-6-2)57-47-51(29-27-49-31-37-53(60)38-32-49)35-41-55(57)56-42-36-52(48-58(56)59)30-28-50-33-39-54(40-34-50)61(45-25-15-11-7-3)46-26-16-12-8-4/h31-42,47-48H,5-26,43-46,60H2,1-4H3. The molecule has 326 valence electrons. The first-order valence-electron chi connectivity index (χ1n) is 25.0. The third-order valence-corrected chi connectivity index (χ3v) is 13.2. The summed E-state index contributed by atoms with van der Waals surface area (Å²) in [6.07, 6.45) is 31.2. The van der Waals surface area contributed by atoms with E-state index >= 15 is 0 Å². The van der Waals surface area contributed by atoms with Gasteiger partial charge in [0.05, 0.1) is 0 Å². The molecule has 0 spiro atoms. The summed E-state index contributed by atoms with van der Waals surface area (Å²) in [4.78, 5) is 2.62. The highest BCUT2D eigenvalue weighted by atomic mass is 15.1. The molecule has 0 unspecified atom stereocenters. The van der Waals surface area contributed by atoms with E-state index in [4.69, 9.17) is 5.73 Å². The van der Waals surface area contributed by atoms with Gasteiger partial charge in [-0.25, -0.2) is 0 Å². The first kappa shape index (κ1) is 47.6. The Bertz CT molecular complexity index is 1950. The van der Waals surface area contributed by atoms with Crippen molar-refractivity contribution >= 4 is 11.4 Å². The Kier molecular flexibility index (Phi) is 21.0. The molecule has 0 heterocycles. The molecule has 0 saturated carbocycles. The van der Waals surface area contributed by atoms with Crippen molar-refractivity contribution in [2.75, 3.05) is 23.7 Å². The average Bonchev–Trinajstić information content (AvgIpc) is 3.55. The van der Waals surface area contributed by atoms with Crippen LogP contribution in [0.2, 0.25) is 0 Å². The van der Waals surface area contributed by atoms with Gasteiger partial charge < -0.3 is 10.6 Å². The second-order valence-corrected chi connectivity index (χ2v) is 18.1.